The maximum atomic E-state index is 13.2. The molecular weight excluding hydrogens is 409 g/mol. The van der Waals surface area contributed by atoms with Crippen LogP contribution >= 0.6 is 23.4 Å². The molecule has 144 valence electrons. The maximum Gasteiger partial charge on any atom is 0.341 e. The van der Waals surface area contributed by atoms with Crippen LogP contribution in [-0.4, -0.2) is 33.7 Å². The first-order valence-electron chi connectivity index (χ1n) is 7.98. The van der Waals surface area contributed by atoms with E-state index in [0.29, 0.717) is 11.1 Å². The number of hydrogen-bond acceptors (Lipinski definition) is 5. The Morgan fingerprint density at radius 1 is 1.25 bits per heavy atom. The molecule has 1 fully saturated rings. The molecule has 1 N–H and O–H groups in total. The number of carboxylic acids is 1. The lowest BCUT2D eigenvalue weighted by Gasteiger charge is -2.13. The van der Waals surface area contributed by atoms with Crippen LogP contribution in [0.25, 0.3) is 6.08 Å². The van der Waals surface area contributed by atoms with Crippen molar-refractivity contribution in [3.8, 4) is 5.75 Å². The van der Waals surface area contributed by atoms with E-state index in [1.807, 2.05) is 0 Å². The summed E-state index contributed by atoms with van der Waals surface area (Å²) in [6.07, 6.45) is 1.47. The number of aliphatic carboxylic acids is 1. The highest BCUT2D eigenvalue weighted by Crippen LogP contribution is 2.35. The number of thioether (sulfide) groups is 1. The van der Waals surface area contributed by atoms with E-state index in [9.17, 15) is 18.8 Å². The minimum atomic E-state index is -1.13. The quantitative estimate of drug-likeness (QED) is 0.704. The molecule has 1 heterocycles. The fourth-order valence-corrected chi connectivity index (χ4v) is 3.52. The Morgan fingerprint density at radius 3 is 2.71 bits per heavy atom. The zero-order valence-corrected chi connectivity index (χ0v) is 15.8. The zero-order chi connectivity index (χ0) is 20.3. The third-order valence-corrected chi connectivity index (χ3v) is 5.03. The van der Waals surface area contributed by atoms with E-state index in [4.69, 9.17) is 21.4 Å². The topological polar surface area (TPSA) is 83.9 Å². The molecule has 0 radical (unpaired) electrons. The van der Waals surface area contributed by atoms with Gasteiger partial charge in [0.1, 0.15) is 11.6 Å². The molecule has 0 aliphatic carbocycles. The molecule has 1 aliphatic heterocycles. The van der Waals surface area contributed by atoms with Crippen molar-refractivity contribution in [3.63, 3.8) is 0 Å². The van der Waals surface area contributed by atoms with E-state index < -0.39 is 29.5 Å². The van der Waals surface area contributed by atoms with Crippen molar-refractivity contribution in [1.29, 1.82) is 0 Å². The molecule has 6 nitrogen and oxygen atoms in total. The molecule has 0 spiro atoms. The number of carboxylic acid groups (broad SMARTS) is 1. The van der Waals surface area contributed by atoms with Crippen LogP contribution in [-0.2, 0) is 16.1 Å². The summed E-state index contributed by atoms with van der Waals surface area (Å²) >= 11 is 6.72. The fraction of sp³-hybridized carbons (Fsp3) is 0.105. The number of amides is 2. The van der Waals surface area contributed by atoms with Crippen molar-refractivity contribution >= 4 is 46.6 Å². The van der Waals surface area contributed by atoms with Crippen molar-refractivity contribution in [2.45, 2.75) is 6.54 Å². The minimum absolute atomic E-state index is 0.0850. The van der Waals surface area contributed by atoms with E-state index in [2.05, 4.69) is 0 Å². The summed E-state index contributed by atoms with van der Waals surface area (Å²) < 4.78 is 18.4. The van der Waals surface area contributed by atoms with Gasteiger partial charge in [-0.1, -0.05) is 35.9 Å². The summed E-state index contributed by atoms with van der Waals surface area (Å²) in [6, 6.07) is 10.3. The molecule has 0 aromatic heterocycles. The summed E-state index contributed by atoms with van der Waals surface area (Å²) in [4.78, 5) is 36.8. The molecule has 2 amide bonds. The highest BCUT2D eigenvalue weighted by molar-refractivity contribution is 8.18. The van der Waals surface area contributed by atoms with Gasteiger partial charge >= 0.3 is 5.97 Å². The predicted molar refractivity (Wildman–Crippen MR) is 102 cm³/mol. The molecule has 1 saturated heterocycles. The zero-order valence-electron chi connectivity index (χ0n) is 14.2. The number of benzene rings is 2. The second-order valence-corrected chi connectivity index (χ2v) is 7.12. The second-order valence-electron chi connectivity index (χ2n) is 5.72. The van der Waals surface area contributed by atoms with Crippen molar-refractivity contribution in [1.82, 2.24) is 4.90 Å². The Hall–Kier alpha value is -2.84. The van der Waals surface area contributed by atoms with Gasteiger partial charge in [0.05, 0.1) is 11.4 Å². The van der Waals surface area contributed by atoms with Gasteiger partial charge in [0.25, 0.3) is 11.1 Å². The van der Waals surface area contributed by atoms with Crippen molar-refractivity contribution in [2.75, 3.05) is 6.61 Å². The first-order valence-corrected chi connectivity index (χ1v) is 9.17. The first-order chi connectivity index (χ1) is 13.3. The van der Waals surface area contributed by atoms with Gasteiger partial charge in [0.15, 0.2) is 6.61 Å². The average Bonchev–Trinajstić information content (AvgIpc) is 2.90. The molecule has 9 heteroatoms. The number of carbonyl (C=O) groups is 3. The highest BCUT2D eigenvalue weighted by atomic mass is 35.5. The lowest BCUT2D eigenvalue weighted by atomic mass is 10.1. The van der Waals surface area contributed by atoms with Gasteiger partial charge in [-0.2, -0.15) is 0 Å². The first kappa shape index (κ1) is 19.9. The monoisotopic (exact) mass is 421 g/mol. The number of ether oxygens (including phenoxy) is 1. The largest absolute Gasteiger partial charge is 0.481 e. The molecule has 0 unspecified atom stereocenters. The summed E-state index contributed by atoms with van der Waals surface area (Å²) in [7, 11) is 0. The number of para-hydroxylation sites is 1. The van der Waals surface area contributed by atoms with E-state index in [1.54, 1.807) is 24.3 Å². The Labute approximate surface area is 168 Å². The molecule has 3 rings (SSSR count). The van der Waals surface area contributed by atoms with E-state index >= 15 is 0 Å². The van der Waals surface area contributed by atoms with Crippen LogP contribution in [0.1, 0.15) is 11.1 Å². The van der Waals surface area contributed by atoms with Crippen molar-refractivity contribution in [2.24, 2.45) is 0 Å². The van der Waals surface area contributed by atoms with Crippen LogP contribution in [0.2, 0.25) is 5.02 Å². The van der Waals surface area contributed by atoms with Crippen LogP contribution in [0.3, 0.4) is 0 Å². The summed E-state index contributed by atoms with van der Waals surface area (Å²) in [5.41, 5.74) is 0.908. The van der Waals surface area contributed by atoms with Crippen LogP contribution in [0.4, 0.5) is 9.18 Å². The summed E-state index contributed by atoms with van der Waals surface area (Å²) in [6.45, 7) is -0.617. The van der Waals surface area contributed by atoms with Gasteiger partial charge in [-0.05, 0) is 41.6 Å². The van der Waals surface area contributed by atoms with Crippen LogP contribution < -0.4 is 4.74 Å². The summed E-state index contributed by atoms with van der Waals surface area (Å²) in [5.74, 6) is -1.89. The van der Waals surface area contributed by atoms with E-state index in [1.165, 1.54) is 18.2 Å². The molecular formula is C19H13ClFNO5S. The normalized spacial score (nSPS) is 15.4. The number of imide groups is 1. The van der Waals surface area contributed by atoms with Gasteiger partial charge in [0, 0.05) is 10.6 Å². The fourth-order valence-electron chi connectivity index (χ4n) is 2.47. The van der Waals surface area contributed by atoms with E-state index in [-0.39, 0.29) is 22.2 Å². The molecule has 28 heavy (non-hydrogen) atoms. The number of rotatable bonds is 6. The molecule has 1 aliphatic rings. The smallest absolute Gasteiger partial charge is 0.341 e. The lowest BCUT2D eigenvalue weighted by molar-refractivity contribution is -0.139. The maximum absolute atomic E-state index is 13.2. The standard InChI is InChI=1S/C19H13ClFNO5S/c20-14-8-13(21)6-5-12(14)9-22-18(25)16(28-19(22)26)7-11-3-1-2-4-15(11)27-10-17(23)24/h1-8H,9-10H2,(H,23,24)/b16-7+. The third kappa shape index (κ3) is 4.52. The predicted octanol–water partition coefficient (Wildman–Crippen LogP) is 4.18. The molecule has 0 saturated carbocycles. The van der Waals surface area contributed by atoms with Crippen LogP contribution in [0.15, 0.2) is 47.4 Å². The number of carbonyl (C=O) groups excluding carboxylic acids is 2. The molecule has 2 aromatic carbocycles. The summed E-state index contributed by atoms with van der Waals surface area (Å²) in [5, 5.41) is 8.39. The van der Waals surface area contributed by atoms with Crippen LogP contribution in [0, 0.1) is 5.82 Å². The molecule has 0 atom stereocenters. The average molecular weight is 422 g/mol. The second kappa shape index (κ2) is 8.45. The SMILES string of the molecule is O=C(O)COc1ccccc1/C=C1/SC(=O)N(Cc2ccc(F)cc2Cl)C1=O. The Morgan fingerprint density at radius 2 is 2.00 bits per heavy atom. The molecule has 2 aromatic rings. The lowest BCUT2D eigenvalue weighted by Crippen LogP contribution is -2.27. The Kier molecular flexibility index (Phi) is 6.01. The highest BCUT2D eigenvalue weighted by Gasteiger charge is 2.35. The number of hydrogen-bond donors (Lipinski definition) is 1. The minimum Gasteiger partial charge on any atom is -0.481 e. The van der Waals surface area contributed by atoms with Crippen LogP contribution in [0.5, 0.6) is 5.75 Å². The Bertz CT molecular complexity index is 994. The van der Waals surface area contributed by atoms with Gasteiger partial charge in [-0.25, -0.2) is 9.18 Å². The van der Waals surface area contributed by atoms with Crippen molar-refractivity contribution in [3.05, 3.63) is 69.3 Å². The Balaban J connectivity index is 1.82. The van der Waals surface area contributed by atoms with Gasteiger partial charge in [-0.15, -0.1) is 0 Å². The molecule has 0 bridgehead atoms. The van der Waals surface area contributed by atoms with Gasteiger partial charge < -0.3 is 9.84 Å². The van der Waals surface area contributed by atoms with Gasteiger partial charge in [0.2, 0.25) is 0 Å². The third-order valence-electron chi connectivity index (χ3n) is 3.77. The number of halogens is 2. The number of nitrogens with zero attached hydrogens (tertiary/aromatic N) is 1. The van der Waals surface area contributed by atoms with Crippen molar-refractivity contribution < 1.29 is 28.6 Å². The van der Waals surface area contributed by atoms with Gasteiger partial charge in [-0.3, -0.25) is 14.5 Å². The van der Waals surface area contributed by atoms with E-state index in [0.717, 1.165) is 22.7 Å².